The Balaban J connectivity index is 2.35. The number of hydrogen-bond acceptors (Lipinski definition) is 2. The third kappa shape index (κ3) is 4.20. The lowest BCUT2D eigenvalue weighted by Crippen LogP contribution is -2.28. The SMILES string of the molecule is FC(F)(F)c1cccnc1N(CCBr)Cc1ccccc1. The Bertz CT molecular complexity index is 573. The van der Waals surface area contributed by atoms with E-state index in [1.54, 1.807) is 4.90 Å². The average molecular weight is 359 g/mol. The first-order chi connectivity index (χ1) is 10.0. The number of anilines is 1. The molecule has 2 rings (SSSR count). The molecule has 2 aromatic rings. The molecule has 0 fully saturated rings. The summed E-state index contributed by atoms with van der Waals surface area (Å²) < 4.78 is 39.3. The number of aromatic nitrogens is 1. The smallest absolute Gasteiger partial charge is 0.351 e. The fourth-order valence-electron chi connectivity index (χ4n) is 2.04. The first kappa shape index (κ1) is 15.8. The van der Waals surface area contributed by atoms with Gasteiger partial charge in [-0.3, -0.25) is 0 Å². The number of benzene rings is 1. The van der Waals surface area contributed by atoms with Crippen LogP contribution in [0.15, 0.2) is 48.7 Å². The molecule has 0 aliphatic rings. The summed E-state index contributed by atoms with van der Waals surface area (Å²) >= 11 is 3.28. The van der Waals surface area contributed by atoms with E-state index in [9.17, 15) is 13.2 Å². The van der Waals surface area contributed by atoms with Crippen LogP contribution in [-0.2, 0) is 12.7 Å². The maximum absolute atomic E-state index is 13.1. The van der Waals surface area contributed by atoms with E-state index in [-0.39, 0.29) is 5.82 Å². The molecular formula is C15H14BrF3N2. The fourth-order valence-corrected chi connectivity index (χ4v) is 2.46. The monoisotopic (exact) mass is 358 g/mol. The molecule has 0 bridgehead atoms. The Kier molecular flexibility index (Phi) is 5.22. The standard InChI is InChI=1S/C15H14BrF3N2/c16-8-10-21(11-12-5-2-1-3-6-12)14-13(15(17,18)19)7-4-9-20-14/h1-7,9H,8,10-11H2. The van der Waals surface area contributed by atoms with Gasteiger partial charge in [-0.1, -0.05) is 46.3 Å². The van der Waals surface area contributed by atoms with Gasteiger partial charge in [-0.25, -0.2) is 4.98 Å². The van der Waals surface area contributed by atoms with Gasteiger partial charge in [0.2, 0.25) is 0 Å². The molecule has 0 saturated heterocycles. The van der Waals surface area contributed by atoms with E-state index in [4.69, 9.17) is 0 Å². The van der Waals surface area contributed by atoms with Crippen molar-refractivity contribution in [3.63, 3.8) is 0 Å². The van der Waals surface area contributed by atoms with Crippen LogP contribution in [-0.4, -0.2) is 16.9 Å². The highest BCUT2D eigenvalue weighted by atomic mass is 79.9. The Morgan fingerprint density at radius 3 is 2.38 bits per heavy atom. The highest BCUT2D eigenvalue weighted by Crippen LogP contribution is 2.35. The van der Waals surface area contributed by atoms with Crippen LogP contribution in [0, 0.1) is 0 Å². The maximum Gasteiger partial charge on any atom is 0.419 e. The molecule has 1 aromatic carbocycles. The number of hydrogen-bond donors (Lipinski definition) is 0. The largest absolute Gasteiger partial charge is 0.419 e. The minimum atomic E-state index is -4.41. The molecular weight excluding hydrogens is 345 g/mol. The predicted octanol–water partition coefficient (Wildman–Crippen LogP) is 4.50. The summed E-state index contributed by atoms with van der Waals surface area (Å²) in [5.41, 5.74) is 0.235. The van der Waals surface area contributed by atoms with Gasteiger partial charge in [-0.15, -0.1) is 0 Å². The van der Waals surface area contributed by atoms with Gasteiger partial charge < -0.3 is 4.90 Å². The molecule has 6 heteroatoms. The van der Waals surface area contributed by atoms with E-state index < -0.39 is 11.7 Å². The lowest BCUT2D eigenvalue weighted by molar-refractivity contribution is -0.137. The molecule has 112 valence electrons. The second-order valence-electron chi connectivity index (χ2n) is 4.47. The maximum atomic E-state index is 13.1. The summed E-state index contributed by atoms with van der Waals surface area (Å²) in [6, 6.07) is 11.8. The molecule has 0 spiro atoms. The van der Waals surface area contributed by atoms with Crippen molar-refractivity contribution in [2.24, 2.45) is 0 Å². The van der Waals surface area contributed by atoms with Crippen LogP contribution in [0.3, 0.4) is 0 Å². The number of rotatable bonds is 5. The highest BCUT2D eigenvalue weighted by molar-refractivity contribution is 9.09. The summed E-state index contributed by atoms with van der Waals surface area (Å²) in [4.78, 5) is 5.58. The van der Waals surface area contributed by atoms with Gasteiger partial charge >= 0.3 is 6.18 Å². The van der Waals surface area contributed by atoms with Gasteiger partial charge in [0.25, 0.3) is 0 Å². The van der Waals surface area contributed by atoms with Crippen molar-refractivity contribution in [3.05, 3.63) is 59.8 Å². The zero-order chi connectivity index (χ0) is 15.3. The molecule has 1 aromatic heterocycles. The Morgan fingerprint density at radius 1 is 1.05 bits per heavy atom. The van der Waals surface area contributed by atoms with Crippen molar-refractivity contribution < 1.29 is 13.2 Å². The molecule has 0 aliphatic carbocycles. The molecule has 0 atom stereocenters. The quantitative estimate of drug-likeness (QED) is 0.731. The summed E-state index contributed by atoms with van der Waals surface area (Å²) in [5.74, 6) is -0.0340. The highest BCUT2D eigenvalue weighted by Gasteiger charge is 2.35. The van der Waals surface area contributed by atoms with Crippen molar-refractivity contribution in [1.82, 2.24) is 4.98 Å². The predicted molar refractivity (Wildman–Crippen MR) is 80.5 cm³/mol. The zero-order valence-corrected chi connectivity index (χ0v) is 12.7. The number of nitrogens with zero attached hydrogens (tertiary/aromatic N) is 2. The molecule has 0 radical (unpaired) electrons. The van der Waals surface area contributed by atoms with E-state index in [0.29, 0.717) is 18.4 Å². The van der Waals surface area contributed by atoms with Gasteiger partial charge in [0.15, 0.2) is 0 Å². The van der Waals surface area contributed by atoms with Crippen LogP contribution >= 0.6 is 15.9 Å². The summed E-state index contributed by atoms with van der Waals surface area (Å²) in [6.07, 6.45) is -3.03. The van der Waals surface area contributed by atoms with Crippen LogP contribution < -0.4 is 4.90 Å². The topological polar surface area (TPSA) is 16.1 Å². The third-order valence-corrected chi connectivity index (χ3v) is 3.32. The second kappa shape index (κ2) is 6.93. The third-order valence-electron chi connectivity index (χ3n) is 2.96. The molecule has 21 heavy (non-hydrogen) atoms. The van der Waals surface area contributed by atoms with Crippen LogP contribution in [0.5, 0.6) is 0 Å². The lowest BCUT2D eigenvalue weighted by atomic mass is 10.2. The molecule has 0 unspecified atom stereocenters. The summed E-state index contributed by atoms with van der Waals surface area (Å²) in [5, 5.41) is 0.563. The fraction of sp³-hybridized carbons (Fsp3) is 0.267. The van der Waals surface area contributed by atoms with Crippen LogP contribution in [0.4, 0.5) is 19.0 Å². The molecule has 1 heterocycles. The lowest BCUT2D eigenvalue weighted by Gasteiger charge is -2.26. The van der Waals surface area contributed by atoms with E-state index in [2.05, 4.69) is 20.9 Å². The van der Waals surface area contributed by atoms with Gasteiger partial charge in [0, 0.05) is 24.6 Å². The Labute approximate surface area is 129 Å². The minimum absolute atomic E-state index is 0.0340. The van der Waals surface area contributed by atoms with Crippen molar-refractivity contribution >= 4 is 21.7 Å². The minimum Gasteiger partial charge on any atom is -0.351 e. The normalized spacial score (nSPS) is 11.4. The molecule has 0 aliphatic heterocycles. The number of halogens is 4. The number of pyridine rings is 1. The van der Waals surface area contributed by atoms with E-state index in [1.807, 2.05) is 30.3 Å². The van der Waals surface area contributed by atoms with Crippen LogP contribution in [0.1, 0.15) is 11.1 Å². The van der Waals surface area contributed by atoms with Crippen LogP contribution in [0.2, 0.25) is 0 Å². The number of alkyl halides is 4. The van der Waals surface area contributed by atoms with Crippen molar-refractivity contribution in [3.8, 4) is 0 Å². The molecule has 0 amide bonds. The van der Waals surface area contributed by atoms with Crippen molar-refractivity contribution in [1.29, 1.82) is 0 Å². The molecule has 0 N–H and O–H groups in total. The Morgan fingerprint density at radius 2 is 1.76 bits per heavy atom. The molecule has 0 saturated carbocycles. The average Bonchev–Trinajstić information content (AvgIpc) is 2.47. The first-order valence-corrected chi connectivity index (χ1v) is 7.51. The van der Waals surface area contributed by atoms with Gasteiger partial charge in [0.05, 0.1) is 5.56 Å². The van der Waals surface area contributed by atoms with Crippen molar-refractivity contribution in [2.75, 3.05) is 16.8 Å². The zero-order valence-electron chi connectivity index (χ0n) is 11.1. The van der Waals surface area contributed by atoms with Gasteiger partial charge in [-0.05, 0) is 17.7 Å². The van der Waals surface area contributed by atoms with Crippen LogP contribution in [0.25, 0.3) is 0 Å². The van der Waals surface area contributed by atoms with Gasteiger partial charge in [-0.2, -0.15) is 13.2 Å². The second-order valence-corrected chi connectivity index (χ2v) is 5.26. The van der Waals surface area contributed by atoms with Gasteiger partial charge in [0.1, 0.15) is 5.82 Å². The first-order valence-electron chi connectivity index (χ1n) is 6.39. The van der Waals surface area contributed by atoms with Crippen molar-refractivity contribution in [2.45, 2.75) is 12.7 Å². The van der Waals surface area contributed by atoms with E-state index in [1.165, 1.54) is 12.3 Å². The summed E-state index contributed by atoms with van der Waals surface area (Å²) in [7, 11) is 0. The van der Waals surface area contributed by atoms with E-state index >= 15 is 0 Å². The molecule has 2 nitrogen and oxygen atoms in total. The Hall–Kier alpha value is -1.56. The summed E-state index contributed by atoms with van der Waals surface area (Å²) in [6.45, 7) is 0.821. The van der Waals surface area contributed by atoms with E-state index in [0.717, 1.165) is 11.6 Å².